The fraction of sp³-hybridized carbons (Fsp3) is 0.200. The van der Waals surface area contributed by atoms with Crippen LogP contribution in [0.15, 0.2) is 29.0 Å². The highest BCUT2D eigenvalue weighted by Crippen LogP contribution is 2.23. The van der Waals surface area contributed by atoms with E-state index >= 15 is 0 Å². The second-order valence-corrected chi connectivity index (χ2v) is 5.09. The van der Waals surface area contributed by atoms with Gasteiger partial charge in [0.15, 0.2) is 0 Å². The number of hydrogen-bond acceptors (Lipinski definition) is 7. The first-order valence-corrected chi connectivity index (χ1v) is 7.08. The zero-order valence-electron chi connectivity index (χ0n) is 12.6. The Bertz CT molecular complexity index is 990. The summed E-state index contributed by atoms with van der Waals surface area (Å²) in [6, 6.07) is 5.72. The molecule has 2 N–H and O–H groups in total. The van der Waals surface area contributed by atoms with Gasteiger partial charge in [-0.05, 0) is 19.1 Å². The predicted molar refractivity (Wildman–Crippen MR) is 84.3 cm³/mol. The maximum Gasteiger partial charge on any atom is 0.263 e. The lowest BCUT2D eigenvalue weighted by Gasteiger charge is -2.03. The SMILES string of the molecule is COc1ccc2nc(CNc3ncnc4onc(C)c34)[nH]c2c1. The number of fused-ring (bicyclic) bond motifs is 2. The van der Waals surface area contributed by atoms with E-state index in [-0.39, 0.29) is 0 Å². The van der Waals surface area contributed by atoms with Gasteiger partial charge in [0.25, 0.3) is 5.71 Å². The smallest absolute Gasteiger partial charge is 0.263 e. The highest BCUT2D eigenvalue weighted by atomic mass is 16.5. The number of hydrogen-bond donors (Lipinski definition) is 2. The average Bonchev–Trinajstić information content (AvgIpc) is 3.16. The van der Waals surface area contributed by atoms with Crippen LogP contribution >= 0.6 is 0 Å². The van der Waals surface area contributed by atoms with E-state index in [2.05, 4.69) is 30.4 Å². The standard InChI is InChI=1S/C15H14N6O2/c1-8-13-14(17-7-18-15(13)23-21-8)16-6-12-19-10-4-3-9(22-2)5-11(10)20-12/h3-5,7H,6H2,1-2H3,(H,19,20)(H,16,17,18). The Labute approximate surface area is 130 Å². The van der Waals surface area contributed by atoms with Gasteiger partial charge in [-0.2, -0.15) is 4.98 Å². The molecule has 8 nitrogen and oxygen atoms in total. The number of rotatable bonds is 4. The molecule has 0 saturated carbocycles. The van der Waals surface area contributed by atoms with Crippen LogP contribution in [0.5, 0.6) is 5.75 Å². The van der Waals surface area contributed by atoms with E-state index in [4.69, 9.17) is 9.26 Å². The highest BCUT2D eigenvalue weighted by molar-refractivity contribution is 5.87. The summed E-state index contributed by atoms with van der Waals surface area (Å²) in [7, 11) is 1.64. The number of aromatic nitrogens is 5. The molecule has 0 unspecified atom stereocenters. The Hall–Kier alpha value is -3.16. The Morgan fingerprint density at radius 1 is 1.30 bits per heavy atom. The van der Waals surface area contributed by atoms with Gasteiger partial charge in [0.2, 0.25) is 0 Å². The summed E-state index contributed by atoms with van der Waals surface area (Å²) in [6.07, 6.45) is 1.44. The van der Waals surface area contributed by atoms with Crippen molar-refractivity contribution in [3.63, 3.8) is 0 Å². The van der Waals surface area contributed by atoms with E-state index in [0.717, 1.165) is 33.7 Å². The van der Waals surface area contributed by atoms with Gasteiger partial charge in [0, 0.05) is 6.07 Å². The number of imidazole rings is 1. The molecule has 4 aromatic rings. The molecule has 3 aromatic heterocycles. The molecule has 3 heterocycles. The molecule has 0 atom stereocenters. The molecule has 4 rings (SSSR count). The minimum atomic E-state index is 0.467. The molecule has 0 bridgehead atoms. The molecular weight excluding hydrogens is 296 g/mol. The van der Waals surface area contributed by atoms with Crippen molar-refractivity contribution >= 4 is 28.0 Å². The number of methoxy groups -OCH3 is 1. The molecule has 116 valence electrons. The van der Waals surface area contributed by atoms with Crippen LogP contribution in [0.4, 0.5) is 5.82 Å². The van der Waals surface area contributed by atoms with Crippen LogP contribution in [0.3, 0.4) is 0 Å². The Balaban J connectivity index is 1.62. The monoisotopic (exact) mass is 310 g/mol. The van der Waals surface area contributed by atoms with Crippen molar-refractivity contribution in [2.45, 2.75) is 13.5 Å². The first kappa shape index (κ1) is 13.5. The minimum absolute atomic E-state index is 0.467. The Morgan fingerprint density at radius 3 is 3.09 bits per heavy atom. The van der Waals surface area contributed by atoms with Crippen molar-refractivity contribution in [1.29, 1.82) is 0 Å². The van der Waals surface area contributed by atoms with Crippen LogP contribution in [0.2, 0.25) is 0 Å². The largest absolute Gasteiger partial charge is 0.497 e. The van der Waals surface area contributed by atoms with E-state index < -0.39 is 0 Å². The Kier molecular flexibility index (Phi) is 3.07. The number of nitrogens with one attached hydrogen (secondary N) is 2. The van der Waals surface area contributed by atoms with Gasteiger partial charge in [-0.25, -0.2) is 9.97 Å². The maximum absolute atomic E-state index is 5.22. The molecule has 0 amide bonds. The van der Waals surface area contributed by atoms with Gasteiger partial charge in [0.05, 0.1) is 30.4 Å². The summed E-state index contributed by atoms with van der Waals surface area (Å²) < 4.78 is 10.4. The molecule has 0 fully saturated rings. The number of aryl methyl sites for hydroxylation is 1. The zero-order valence-corrected chi connectivity index (χ0v) is 12.6. The van der Waals surface area contributed by atoms with Crippen LogP contribution in [-0.4, -0.2) is 32.2 Å². The third-order valence-corrected chi connectivity index (χ3v) is 3.60. The molecular formula is C15H14N6O2. The summed E-state index contributed by atoms with van der Waals surface area (Å²) in [6.45, 7) is 2.35. The summed E-state index contributed by atoms with van der Waals surface area (Å²) in [5, 5.41) is 7.94. The lowest BCUT2D eigenvalue weighted by atomic mass is 10.3. The van der Waals surface area contributed by atoms with E-state index in [1.54, 1.807) is 7.11 Å². The van der Waals surface area contributed by atoms with Gasteiger partial charge < -0.3 is 19.6 Å². The van der Waals surface area contributed by atoms with Crippen molar-refractivity contribution in [3.05, 3.63) is 36.0 Å². The topological polar surface area (TPSA) is 102 Å². The van der Waals surface area contributed by atoms with Crippen LogP contribution < -0.4 is 10.1 Å². The minimum Gasteiger partial charge on any atom is -0.497 e. The van der Waals surface area contributed by atoms with Gasteiger partial charge in [-0.3, -0.25) is 0 Å². The first-order chi connectivity index (χ1) is 11.2. The van der Waals surface area contributed by atoms with Crippen LogP contribution in [0.1, 0.15) is 11.5 Å². The van der Waals surface area contributed by atoms with Crippen LogP contribution in [-0.2, 0) is 6.54 Å². The average molecular weight is 310 g/mol. The van der Waals surface area contributed by atoms with E-state index in [0.29, 0.717) is 18.1 Å². The summed E-state index contributed by atoms with van der Waals surface area (Å²) in [4.78, 5) is 16.1. The van der Waals surface area contributed by atoms with E-state index in [9.17, 15) is 0 Å². The molecule has 0 aliphatic rings. The summed E-state index contributed by atoms with van der Waals surface area (Å²) in [5.41, 5.74) is 3.03. The second-order valence-electron chi connectivity index (χ2n) is 5.09. The third kappa shape index (κ3) is 2.33. The normalized spacial score (nSPS) is 11.2. The molecule has 0 spiro atoms. The zero-order chi connectivity index (χ0) is 15.8. The van der Waals surface area contributed by atoms with Crippen LogP contribution in [0, 0.1) is 6.92 Å². The third-order valence-electron chi connectivity index (χ3n) is 3.60. The molecule has 0 radical (unpaired) electrons. The quantitative estimate of drug-likeness (QED) is 0.596. The molecule has 1 aromatic carbocycles. The van der Waals surface area contributed by atoms with Gasteiger partial charge in [-0.1, -0.05) is 5.16 Å². The number of aromatic amines is 1. The fourth-order valence-electron chi connectivity index (χ4n) is 2.48. The Morgan fingerprint density at radius 2 is 2.22 bits per heavy atom. The van der Waals surface area contributed by atoms with Gasteiger partial charge >= 0.3 is 0 Å². The second kappa shape index (κ2) is 5.24. The first-order valence-electron chi connectivity index (χ1n) is 7.08. The molecule has 23 heavy (non-hydrogen) atoms. The summed E-state index contributed by atoms with van der Waals surface area (Å²) >= 11 is 0. The number of ether oxygens (including phenoxy) is 1. The molecule has 0 aliphatic carbocycles. The summed E-state index contributed by atoms with van der Waals surface area (Å²) in [5.74, 6) is 2.26. The molecule has 8 heteroatoms. The lowest BCUT2D eigenvalue weighted by Crippen LogP contribution is -2.03. The maximum atomic E-state index is 5.22. The van der Waals surface area contributed by atoms with Crippen LogP contribution in [0.25, 0.3) is 22.1 Å². The predicted octanol–water partition coefficient (Wildman–Crippen LogP) is 2.42. The highest BCUT2D eigenvalue weighted by Gasteiger charge is 2.12. The molecule has 0 aliphatic heterocycles. The number of H-pyrrole nitrogens is 1. The number of nitrogens with zero attached hydrogens (tertiary/aromatic N) is 4. The van der Waals surface area contributed by atoms with Crippen molar-refractivity contribution < 1.29 is 9.26 Å². The van der Waals surface area contributed by atoms with Crippen molar-refractivity contribution in [2.24, 2.45) is 0 Å². The van der Waals surface area contributed by atoms with Gasteiger partial charge in [0.1, 0.15) is 29.1 Å². The van der Waals surface area contributed by atoms with Gasteiger partial charge in [-0.15, -0.1) is 0 Å². The fourth-order valence-corrected chi connectivity index (χ4v) is 2.48. The van der Waals surface area contributed by atoms with Crippen molar-refractivity contribution in [1.82, 2.24) is 25.1 Å². The van der Waals surface area contributed by atoms with E-state index in [1.165, 1.54) is 6.33 Å². The lowest BCUT2D eigenvalue weighted by molar-refractivity contribution is 0.415. The molecule has 0 saturated heterocycles. The number of benzene rings is 1. The van der Waals surface area contributed by atoms with E-state index in [1.807, 2.05) is 25.1 Å². The van der Waals surface area contributed by atoms with Crippen molar-refractivity contribution in [3.8, 4) is 5.75 Å². The van der Waals surface area contributed by atoms with Crippen molar-refractivity contribution in [2.75, 3.05) is 12.4 Å². The number of anilines is 1.